The summed E-state index contributed by atoms with van der Waals surface area (Å²) in [6.07, 6.45) is 4.44. The molecule has 2 heterocycles. The highest BCUT2D eigenvalue weighted by atomic mass is 35.5. The zero-order chi connectivity index (χ0) is 16.2. The number of halogens is 2. The van der Waals surface area contributed by atoms with Gasteiger partial charge in [0.05, 0.1) is 5.02 Å². The molecular weight excluding hydrogens is 333 g/mol. The lowest BCUT2D eigenvalue weighted by molar-refractivity contribution is 0.189. The molecule has 6 heteroatoms. The Morgan fingerprint density at radius 3 is 2.78 bits per heavy atom. The van der Waals surface area contributed by atoms with Gasteiger partial charge in [-0.2, -0.15) is 4.98 Å². The lowest BCUT2D eigenvalue weighted by atomic mass is 9.99. The van der Waals surface area contributed by atoms with Crippen LogP contribution < -0.4 is 0 Å². The maximum atomic E-state index is 6.18. The SMILES string of the molecule is CC1CCN(CCCc2nc(-c3ccc(Cl)cc3Cl)no2)CC1. The summed E-state index contributed by atoms with van der Waals surface area (Å²) < 4.78 is 5.34. The van der Waals surface area contributed by atoms with Crippen molar-refractivity contribution in [1.29, 1.82) is 0 Å². The zero-order valence-corrected chi connectivity index (χ0v) is 14.8. The van der Waals surface area contributed by atoms with Crippen LogP contribution in [0, 0.1) is 5.92 Å². The van der Waals surface area contributed by atoms with Crippen LogP contribution in [0.2, 0.25) is 10.0 Å². The molecule has 1 saturated heterocycles. The van der Waals surface area contributed by atoms with Crippen molar-refractivity contribution in [3.8, 4) is 11.4 Å². The second-order valence-electron chi connectivity index (χ2n) is 6.26. The van der Waals surface area contributed by atoms with E-state index in [1.54, 1.807) is 12.1 Å². The molecule has 0 saturated carbocycles. The molecule has 2 aromatic rings. The smallest absolute Gasteiger partial charge is 0.227 e. The molecule has 0 aliphatic carbocycles. The number of piperidine rings is 1. The van der Waals surface area contributed by atoms with Gasteiger partial charge in [-0.15, -0.1) is 0 Å². The highest BCUT2D eigenvalue weighted by Crippen LogP contribution is 2.28. The summed E-state index contributed by atoms with van der Waals surface area (Å²) in [6.45, 7) is 5.83. The summed E-state index contributed by atoms with van der Waals surface area (Å²) >= 11 is 12.1. The van der Waals surface area contributed by atoms with E-state index in [2.05, 4.69) is 22.0 Å². The van der Waals surface area contributed by atoms with Gasteiger partial charge in [-0.1, -0.05) is 35.3 Å². The molecule has 0 bridgehead atoms. The molecular formula is C17H21Cl2N3O. The molecule has 1 aromatic carbocycles. The Kier molecular flexibility index (Phi) is 5.57. The number of aryl methyl sites for hydroxylation is 1. The first kappa shape index (κ1) is 16.7. The van der Waals surface area contributed by atoms with Crippen LogP contribution in [0.15, 0.2) is 22.7 Å². The van der Waals surface area contributed by atoms with Crippen LogP contribution in [-0.4, -0.2) is 34.7 Å². The highest BCUT2D eigenvalue weighted by molar-refractivity contribution is 6.36. The monoisotopic (exact) mass is 353 g/mol. The van der Waals surface area contributed by atoms with E-state index in [1.807, 2.05) is 6.07 Å². The van der Waals surface area contributed by atoms with Crippen LogP contribution in [0.4, 0.5) is 0 Å². The van der Waals surface area contributed by atoms with Crippen molar-refractivity contribution in [2.45, 2.75) is 32.6 Å². The maximum Gasteiger partial charge on any atom is 0.227 e. The van der Waals surface area contributed by atoms with Gasteiger partial charge in [0.15, 0.2) is 0 Å². The van der Waals surface area contributed by atoms with E-state index >= 15 is 0 Å². The van der Waals surface area contributed by atoms with Gasteiger partial charge in [-0.3, -0.25) is 0 Å². The van der Waals surface area contributed by atoms with Crippen molar-refractivity contribution in [3.05, 3.63) is 34.1 Å². The molecule has 1 aliphatic heterocycles. The standard InChI is InChI=1S/C17H21Cl2N3O/c1-12-6-9-22(10-7-12)8-2-3-16-20-17(21-23-16)14-5-4-13(18)11-15(14)19/h4-5,11-12H,2-3,6-10H2,1H3. The number of hydrogen-bond acceptors (Lipinski definition) is 4. The van der Waals surface area contributed by atoms with Crippen LogP contribution in [0.5, 0.6) is 0 Å². The van der Waals surface area contributed by atoms with Crippen molar-refractivity contribution < 1.29 is 4.52 Å². The van der Waals surface area contributed by atoms with Crippen LogP contribution in [0.3, 0.4) is 0 Å². The largest absolute Gasteiger partial charge is 0.339 e. The molecule has 0 unspecified atom stereocenters. The predicted octanol–water partition coefficient (Wildman–Crippen LogP) is 4.71. The van der Waals surface area contributed by atoms with Gasteiger partial charge in [0.1, 0.15) is 0 Å². The average Bonchev–Trinajstić information content (AvgIpc) is 2.98. The van der Waals surface area contributed by atoms with Gasteiger partial charge in [-0.25, -0.2) is 0 Å². The number of rotatable bonds is 5. The van der Waals surface area contributed by atoms with Gasteiger partial charge < -0.3 is 9.42 Å². The Balaban J connectivity index is 1.53. The quantitative estimate of drug-likeness (QED) is 0.780. The van der Waals surface area contributed by atoms with E-state index < -0.39 is 0 Å². The van der Waals surface area contributed by atoms with E-state index in [1.165, 1.54) is 25.9 Å². The second-order valence-corrected chi connectivity index (χ2v) is 7.11. The summed E-state index contributed by atoms with van der Waals surface area (Å²) in [5.41, 5.74) is 0.746. The molecule has 0 spiro atoms. The van der Waals surface area contributed by atoms with Crippen LogP contribution in [0.1, 0.15) is 32.1 Å². The van der Waals surface area contributed by atoms with Gasteiger partial charge in [-0.05, 0) is 63.0 Å². The molecule has 1 fully saturated rings. The summed E-state index contributed by atoms with van der Waals surface area (Å²) in [6, 6.07) is 5.27. The lowest BCUT2D eigenvalue weighted by Crippen LogP contribution is -2.33. The normalized spacial score (nSPS) is 16.8. The van der Waals surface area contributed by atoms with Crippen LogP contribution >= 0.6 is 23.2 Å². The molecule has 0 atom stereocenters. The molecule has 0 amide bonds. The van der Waals surface area contributed by atoms with Crippen molar-refractivity contribution in [1.82, 2.24) is 15.0 Å². The van der Waals surface area contributed by atoms with Gasteiger partial charge in [0, 0.05) is 17.0 Å². The van der Waals surface area contributed by atoms with Crippen molar-refractivity contribution in [3.63, 3.8) is 0 Å². The lowest BCUT2D eigenvalue weighted by Gasteiger charge is -2.29. The van der Waals surface area contributed by atoms with Crippen molar-refractivity contribution >= 4 is 23.2 Å². The topological polar surface area (TPSA) is 42.2 Å². The highest BCUT2D eigenvalue weighted by Gasteiger charge is 2.16. The van der Waals surface area contributed by atoms with Crippen molar-refractivity contribution in [2.75, 3.05) is 19.6 Å². The third-order valence-corrected chi connectivity index (χ3v) is 4.93. The minimum Gasteiger partial charge on any atom is -0.339 e. The molecule has 4 nitrogen and oxygen atoms in total. The fourth-order valence-corrected chi connectivity index (χ4v) is 3.37. The molecule has 1 aromatic heterocycles. The van der Waals surface area contributed by atoms with E-state index in [-0.39, 0.29) is 0 Å². The van der Waals surface area contributed by atoms with Gasteiger partial charge >= 0.3 is 0 Å². The minimum absolute atomic E-state index is 0.522. The summed E-state index contributed by atoms with van der Waals surface area (Å²) in [7, 11) is 0. The van der Waals surface area contributed by atoms with E-state index in [0.717, 1.165) is 30.9 Å². The number of likely N-dealkylation sites (tertiary alicyclic amines) is 1. The first-order valence-electron chi connectivity index (χ1n) is 8.12. The number of benzene rings is 1. The summed E-state index contributed by atoms with van der Waals surface area (Å²) in [5, 5.41) is 5.16. The number of aromatic nitrogens is 2. The van der Waals surface area contributed by atoms with E-state index in [9.17, 15) is 0 Å². The molecule has 23 heavy (non-hydrogen) atoms. The fourth-order valence-electron chi connectivity index (χ4n) is 2.88. The van der Waals surface area contributed by atoms with Crippen molar-refractivity contribution in [2.24, 2.45) is 5.92 Å². The second kappa shape index (κ2) is 7.65. The van der Waals surface area contributed by atoms with E-state index in [0.29, 0.717) is 21.8 Å². The third-order valence-electron chi connectivity index (χ3n) is 4.38. The number of hydrogen-bond donors (Lipinski definition) is 0. The first-order chi connectivity index (χ1) is 11.1. The fraction of sp³-hybridized carbons (Fsp3) is 0.529. The number of nitrogens with zero attached hydrogens (tertiary/aromatic N) is 3. The Labute approximate surface area is 146 Å². The molecule has 0 radical (unpaired) electrons. The molecule has 0 N–H and O–H groups in total. The Bertz CT molecular complexity index is 651. The molecule has 124 valence electrons. The first-order valence-corrected chi connectivity index (χ1v) is 8.88. The predicted molar refractivity (Wildman–Crippen MR) is 92.9 cm³/mol. The minimum atomic E-state index is 0.522. The molecule has 3 rings (SSSR count). The summed E-state index contributed by atoms with van der Waals surface area (Å²) in [5.74, 6) is 2.05. The Morgan fingerprint density at radius 2 is 2.04 bits per heavy atom. The Morgan fingerprint density at radius 1 is 1.26 bits per heavy atom. The van der Waals surface area contributed by atoms with Gasteiger partial charge in [0.25, 0.3) is 0 Å². The van der Waals surface area contributed by atoms with Crippen LogP contribution in [-0.2, 0) is 6.42 Å². The average molecular weight is 354 g/mol. The van der Waals surface area contributed by atoms with Crippen LogP contribution in [0.25, 0.3) is 11.4 Å². The zero-order valence-electron chi connectivity index (χ0n) is 13.3. The van der Waals surface area contributed by atoms with Gasteiger partial charge in [0.2, 0.25) is 11.7 Å². The maximum absolute atomic E-state index is 6.18. The van der Waals surface area contributed by atoms with E-state index in [4.69, 9.17) is 27.7 Å². The molecule has 1 aliphatic rings. The summed E-state index contributed by atoms with van der Waals surface area (Å²) in [4.78, 5) is 6.96. The third kappa shape index (κ3) is 4.46. The Hall–Kier alpha value is -1.10.